The van der Waals surface area contributed by atoms with Crippen LogP contribution in [0.2, 0.25) is 0 Å². The Balaban J connectivity index is 2.33. The Labute approximate surface area is 110 Å². The number of rotatable bonds is 6. The van der Waals surface area contributed by atoms with Gasteiger partial charge in [-0.3, -0.25) is 4.79 Å². The molecule has 0 saturated carbocycles. The third-order valence-corrected chi connectivity index (χ3v) is 2.61. The number of carbonyl (C=O) groups is 1. The molecule has 0 bridgehead atoms. The van der Waals surface area contributed by atoms with Gasteiger partial charge in [-0.1, -0.05) is 19.9 Å². The Kier molecular flexibility index (Phi) is 5.69. The molecule has 0 radical (unpaired) electrons. The molecule has 0 aliphatic heterocycles. The summed E-state index contributed by atoms with van der Waals surface area (Å²) in [5.41, 5.74) is 2.29. The average molecular weight is 249 g/mol. The molecular formula is C15H23NO2. The maximum absolute atomic E-state index is 11.5. The lowest BCUT2D eigenvalue weighted by Gasteiger charge is -2.09. The van der Waals surface area contributed by atoms with E-state index in [4.69, 9.17) is 4.74 Å². The number of amides is 1. The van der Waals surface area contributed by atoms with E-state index in [2.05, 4.69) is 25.2 Å². The molecule has 3 heteroatoms. The molecule has 0 aliphatic rings. The molecule has 0 aromatic heterocycles. The lowest BCUT2D eigenvalue weighted by molar-refractivity contribution is -0.123. The lowest BCUT2D eigenvalue weighted by atomic mass is 10.1. The third kappa shape index (κ3) is 5.71. The summed E-state index contributed by atoms with van der Waals surface area (Å²) in [6, 6.07) is 5.96. The van der Waals surface area contributed by atoms with Crippen LogP contribution in [0.15, 0.2) is 18.2 Å². The first kappa shape index (κ1) is 14.6. The molecule has 100 valence electrons. The summed E-state index contributed by atoms with van der Waals surface area (Å²) in [4.78, 5) is 11.5. The highest BCUT2D eigenvalue weighted by atomic mass is 16.5. The van der Waals surface area contributed by atoms with Crippen molar-refractivity contribution in [1.29, 1.82) is 0 Å². The first-order chi connectivity index (χ1) is 8.47. The third-order valence-electron chi connectivity index (χ3n) is 2.61. The Hall–Kier alpha value is -1.51. The molecule has 0 saturated heterocycles. The van der Waals surface area contributed by atoms with E-state index in [1.54, 1.807) is 0 Å². The number of benzene rings is 1. The molecule has 0 spiro atoms. The summed E-state index contributed by atoms with van der Waals surface area (Å²) in [5, 5.41) is 2.85. The number of ether oxygens (including phenoxy) is 1. The zero-order valence-corrected chi connectivity index (χ0v) is 11.7. The normalized spacial score (nSPS) is 10.5. The number of hydrogen-bond donors (Lipinski definition) is 1. The van der Waals surface area contributed by atoms with Crippen LogP contribution < -0.4 is 10.1 Å². The Morgan fingerprint density at radius 1 is 1.22 bits per heavy atom. The quantitative estimate of drug-likeness (QED) is 0.842. The van der Waals surface area contributed by atoms with Crippen LogP contribution in [0, 0.1) is 19.8 Å². The first-order valence-electron chi connectivity index (χ1n) is 6.45. The van der Waals surface area contributed by atoms with Crippen molar-refractivity contribution in [3.8, 4) is 5.75 Å². The van der Waals surface area contributed by atoms with Gasteiger partial charge in [-0.25, -0.2) is 0 Å². The highest BCUT2D eigenvalue weighted by Gasteiger charge is 2.03. The highest BCUT2D eigenvalue weighted by molar-refractivity contribution is 5.77. The van der Waals surface area contributed by atoms with Gasteiger partial charge < -0.3 is 10.1 Å². The zero-order valence-electron chi connectivity index (χ0n) is 11.7. The fourth-order valence-corrected chi connectivity index (χ4v) is 1.72. The molecule has 1 amide bonds. The topological polar surface area (TPSA) is 38.3 Å². The van der Waals surface area contributed by atoms with Crippen molar-refractivity contribution in [2.75, 3.05) is 13.2 Å². The van der Waals surface area contributed by atoms with E-state index in [9.17, 15) is 4.79 Å². The highest BCUT2D eigenvalue weighted by Crippen LogP contribution is 2.15. The van der Waals surface area contributed by atoms with E-state index >= 15 is 0 Å². The van der Waals surface area contributed by atoms with Gasteiger partial charge in [-0.2, -0.15) is 0 Å². The minimum Gasteiger partial charge on any atom is -0.484 e. The van der Waals surface area contributed by atoms with Crippen LogP contribution >= 0.6 is 0 Å². The summed E-state index contributed by atoms with van der Waals surface area (Å²) in [7, 11) is 0. The van der Waals surface area contributed by atoms with Crippen LogP contribution in [0.25, 0.3) is 0 Å². The molecule has 0 heterocycles. The molecule has 18 heavy (non-hydrogen) atoms. The maximum atomic E-state index is 11.5. The van der Waals surface area contributed by atoms with Crippen LogP contribution in [-0.4, -0.2) is 19.1 Å². The number of hydrogen-bond acceptors (Lipinski definition) is 2. The first-order valence-corrected chi connectivity index (χ1v) is 6.45. The van der Waals surface area contributed by atoms with Gasteiger partial charge in [0.1, 0.15) is 5.75 Å². The summed E-state index contributed by atoms with van der Waals surface area (Å²) in [6.45, 7) is 9.11. The molecule has 3 nitrogen and oxygen atoms in total. The second-order valence-electron chi connectivity index (χ2n) is 5.14. The number of carbonyl (C=O) groups excluding carboxylic acids is 1. The summed E-state index contributed by atoms with van der Waals surface area (Å²) in [5.74, 6) is 1.30. The number of aryl methyl sites for hydroxylation is 2. The average Bonchev–Trinajstić information content (AvgIpc) is 2.24. The van der Waals surface area contributed by atoms with Crippen LogP contribution in [-0.2, 0) is 4.79 Å². The maximum Gasteiger partial charge on any atom is 0.257 e. The van der Waals surface area contributed by atoms with Crippen LogP contribution in [0.5, 0.6) is 5.75 Å². The smallest absolute Gasteiger partial charge is 0.257 e. The van der Waals surface area contributed by atoms with Crippen molar-refractivity contribution >= 4 is 5.91 Å². The van der Waals surface area contributed by atoms with E-state index in [0.29, 0.717) is 12.5 Å². The monoisotopic (exact) mass is 249 g/mol. The predicted octanol–water partition coefficient (Wildman–Crippen LogP) is 2.84. The summed E-state index contributed by atoms with van der Waals surface area (Å²) >= 11 is 0. The molecule has 1 N–H and O–H groups in total. The van der Waals surface area contributed by atoms with Crippen molar-refractivity contribution in [1.82, 2.24) is 5.32 Å². The van der Waals surface area contributed by atoms with Crippen molar-refractivity contribution in [2.45, 2.75) is 34.1 Å². The molecule has 1 aromatic rings. The van der Waals surface area contributed by atoms with E-state index in [1.807, 2.05) is 26.0 Å². The molecule has 1 rings (SSSR count). The minimum absolute atomic E-state index is 0.0604. The van der Waals surface area contributed by atoms with Crippen molar-refractivity contribution in [2.24, 2.45) is 5.92 Å². The van der Waals surface area contributed by atoms with Gasteiger partial charge in [0.05, 0.1) is 0 Å². The number of nitrogens with one attached hydrogen (secondary N) is 1. The molecule has 0 unspecified atom stereocenters. The van der Waals surface area contributed by atoms with E-state index < -0.39 is 0 Å². The van der Waals surface area contributed by atoms with E-state index in [-0.39, 0.29) is 12.5 Å². The fourth-order valence-electron chi connectivity index (χ4n) is 1.72. The van der Waals surface area contributed by atoms with Crippen LogP contribution in [0.3, 0.4) is 0 Å². The second-order valence-corrected chi connectivity index (χ2v) is 5.14. The van der Waals surface area contributed by atoms with Gasteiger partial charge in [0, 0.05) is 6.54 Å². The molecular weight excluding hydrogens is 226 g/mol. The van der Waals surface area contributed by atoms with E-state index in [0.717, 1.165) is 23.3 Å². The summed E-state index contributed by atoms with van der Waals surface area (Å²) in [6.07, 6.45) is 0.995. The molecule has 0 fully saturated rings. The predicted molar refractivity (Wildman–Crippen MR) is 73.9 cm³/mol. The minimum atomic E-state index is -0.0604. The van der Waals surface area contributed by atoms with Crippen LogP contribution in [0.4, 0.5) is 0 Å². The molecule has 1 aromatic carbocycles. The SMILES string of the molecule is Cc1cc(C)cc(OCC(=O)NCCC(C)C)c1. The second kappa shape index (κ2) is 7.04. The molecule has 0 atom stereocenters. The van der Waals surface area contributed by atoms with Crippen molar-refractivity contribution in [3.63, 3.8) is 0 Å². The standard InChI is InChI=1S/C15H23NO2/c1-11(2)5-6-16-15(17)10-18-14-8-12(3)7-13(4)9-14/h7-9,11H,5-6,10H2,1-4H3,(H,16,17). The zero-order chi connectivity index (χ0) is 13.5. The molecule has 0 aliphatic carbocycles. The van der Waals surface area contributed by atoms with Gasteiger partial charge in [0.25, 0.3) is 5.91 Å². The van der Waals surface area contributed by atoms with Crippen LogP contribution in [0.1, 0.15) is 31.4 Å². The Morgan fingerprint density at radius 2 is 1.83 bits per heavy atom. The van der Waals surface area contributed by atoms with Gasteiger partial charge in [-0.05, 0) is 49.4 Å². The summed E-state index contributed by atoms with van der Waals surface area (Å²) < 4.78 is 5.47. The van der Waals surface area contributed by atoms with Gasteiger partial charge in [-0.15, -0.1) is 0 Å². The van der Waals surface area contributed by atoms with Crippen molar-refractivity contribution in [3.05, 3.63) is 29.3 Å². The van der Waals surface area contributed by atoms with Gasteiger partial charge in [0.15, 0.2) is 6.61 Å². The largest absolute Gasteiger partial charge is 0.484 e. The fraction of sp³-hybridized carbons (Fsp3) is 0.533. The lowest BCUT2D eigenvalue weighted by Crippen LogP contribution is -2.30. The van der Waals surface area contributed by atoms with Gasteiger partial charge >= 0.3 is 0 Å². The van der Waals surface area contributed by atoms with Gasteiger partial charge in [0.2, 0.25) is 0 Å². The van der Waals surface area contributed by atoms with Crippen molar-refractivity contribution < 1.29 is 9.53 Å². The Bertz CT molecular complexity index is 379. The Morgan fingerprint density at radius 3 is 2.39 bits per heavy atom. The van der Waals surface area contributed by atoms with E-state index in [1.165, 1.54) is 0 Å².